The smallest absolute Gasteiger partial charge is 0.334 e. The highest BCUT2D eigenvalue weighted by Gasteiger charge is 2.46. The number of hydrogen-bond donors (Lipinski definition) is 20. The summed E-state index contributed by atoms with van der Waals surface area (Å²) in [5.41, 5.74) is 0. The van der Waals surface area contributed by atoms with Crippen LogP contribution in [0.15, 0.2) is 0 Å². The first-order chi connectivity index (χ1) is 47.5. The van der Waals surface area contributed by atoms with Gasteiger partial charge >= 0.3 is 95.5 Å². The maximum atomic E-state index is 11.8. The van der Waals surface area contributed by atoms with E-state index in [1.165, 1.54) is 103 Å². The number of rotatable bonds is 60. The summed E-state index contributed by atoms with van der Waals surface area (Å²) >= 11 is 0. The summed E-state index contributed by atoms with van der Waals surface area (Å²) in [5, 5.41) is 165. The molecule has 12 unspecified atom stereocenters. The van der Waals surface area contributed by atoms with Crippen LogP contribution in [-0.4, -0.2) is 270 Å². The van der Waals surface area contributed by atoms with E-state index in [1.807, 2.05) is 5.32 Å². The highest BCUT2D eigenvalue weighted by Crippen LogP contribution is 2.25. The van der Waals surface area contributed by atoms with Gasteiger partial charge < -0.3 is 91.9 Å². The summed E-state index contributed by atoms with van der Waals surface area (Å²) in [6.45, 7) is 7.57. The Hall–Kier alpha value is -8.72. The molecule has 12 atom stereocenters. The third-order valence-corrected chi connectivity index (χ3v) is 15.8. The second-order valence-corrected chi connectivity index (χ2v) is 24.3. The van der Waals surface area contributed by atoms with Gasteiger partial charge in [-0.15, -0.1) is 0 Å². The van der Waals surface area contributed by atoms with Gasteiger partial charge in [0.05, 0.1) is 38.5 Å². The largest absolute Gasteiger partial charge is 0.481 e. The molecule has 0 aromatic heterocycles. The molecule has 20 N–H and O–H groups in total. The predicted octanol–water partition coefficient (Wildman–Crippen LogP) is 4.05. The second kappa shape index (κ2) is 57.9. The molecule has 0 amide bonds. The zero-order chi connectivity index (χ0) is 79.4. The van der Waals surface area contributed by atoms with E-state index in [0.717, 1.165) is 61.2 Å². The fourth-order valence-electron chi connectivity index (χ4n) is 10.6. The quantitative estimate of drug-likeness (QED) is 0.0382. The first kappa shape index (κ1) is 99.7. The molecule has 0 fully saturated rings. The van der Waals surface area contributed by atoms with Crippen molar-refractivity contribution in [2.24, 2.45) is 0 Å². The normalized spacial score (nSPS) is 14.5. The lowest BCUT2D eigenvalue weighted by Crippen LogP contribution is -2.60. The Morgan fingerprint density at radius 2 is 0.500 bits per heavy atom. The van der Waals surface area contributed by atoms with Gasteiger partial charge in [0.1, 0.15) is 48.3 Å². The first-order valence-electron chi connectivity index (χ1n) is 33.6. The zero-order valence-electron chi connectivity index (χ0n) is 58.0. The van der Waals surface area contributed by atoms with E-state index in [9.17, 15) is 102 Å². The molecular weight excluding hydrogens is 1370 g/mol. The van der Waals surface area contributed by atoms with Crippen molar-refractivity contribution in [1.29, 1.82) is 0 Å². The molecule has 0 bridgehead atoms. The number of aliphatic hydroxyl groups is 2. The molecule has 102 heavy (non-hydrogen) atoms. The topological polar surface area (TPSA) is 668 Å². The van der Waals surface area contributed by atoms with Gasteiger partial charge in [0, 0.05) is 12.1 Å². The first-order valence-corrected chi connectivity index (χ1v) is 33.6. The fraction of sp³-hybridized carbons (Fsp3) is 0.750. The van der Waals surface area contributed by atoms with Gasteiger partial charge in [0.2, 0.25) is 0 Å². The number of hydrogen-bond acceptors (Lipinski definition) is 22. The molecular formula is C64H108N4O34. The lowest BCUT2D eigenvalue weighted by molar-refractivity contribution is -0.169. The number of carboxylic acids is 16. The van der Waals surface area contributed by atoms with Crippen LogP contribution in [0.2, 0.25) is 0 Å². The number of aliphatic hydroxyl groups excluding tert-OH is 2. The summed E-state index contributed by atoms with van der Waals surface area (Å²) in [6.07, 6.45) is 18.2. The van der Waals surface area contributed by atoms with Crippen molar-refractivity contribution in [2.45, 2.75) is 306 Å². The van der Waals surface area contributed by atoms with Gasteiger partial charge in [-0.05, 0) is 26.7 Å². The second-order valence-electron chi connectivity index (χ2n) is 24.3. The lowest BCUT2D eigenvalue weighted by Gasteiger charge is -2.38. The number of unbranched alkanes of at least 4 members (excludes halogenated alkanes) is 22. The Morgan fingerprint density at radius 3 is 0.716 bits per heavy atom. The Bertz CT molecular complexity index is 2540. The van der Waals surface area contributed by atoms with E-state index in [2.05, 4.69) is 13.8 Å². The van der Waals surface area contributed by atoms with Crippen molar-refractivity contribution >= 4 is 95.5 Å². The maximum absolute atomic E-state index is 11.8. The van der Waals surface area contributed by atoms with E-state index < -0.39 is 207 Å². The minimum Gasteiger partial charge on any atom is -0.481 e. The van der Waals surface area contributed by atoms with Crippen LogP contribution >= 0.6 is 0 Å². The molecule has 0 saturated carbocycles. The molecule has 0 aliphatic rings. The van der Waals surface area contributed by atoms with Crippen LogP contribution in [0.5, 0.6) is 0 Å². The van der Waals surface area contributed by atoms with E-state index in [1.54, 1.807) is 12.2 Å². The van der Waals surface area contributed by atoms with Crippen LogP contribution < -0.4 is 10.6 Å². The van der Waals surface area contributed by atoms with Crippen LogP contribution in [-0.2, 0) is 76.7 Å². The summed E-state index contributed by atoms with van der Waals surface area (Å²) in [5.74, 6) is -25.2. The van der Waals surface area contributed by atoms with Crippen molar-refractivity contribution < 1.29 is 169 Å². The van der Waals surface area contributed by atoms with E-state index in [4.69, 9.17) is 66.4 Å². The number of carbonyl (C=O) groups is 16. The summed E-state index contributed by atoms with van der Waals surface area (Å²) < 4.78 is 0. The molecule has 38 nitrogen and oxygen atoms in total. The van der Waals surface area contributed by atoms with Gasteiger partial charge in [-0.25, -0.2) is 9.59 Å². The van der Waals surface area contributed by atoms with E-state index in [0.29, 0.717) is 19.3 Å². The van der Waals surface area contributed by atoms with Crippen molar-refractivity contribution in [3.05, 3.63) is 0 Å². The summed E-state index contributed by atoms with van der Waals surface area (Å²) in [4.78, 5) is 178. The third-order valence-electron chi connectivity index (χ3n) is 15.8. The minimum absolute atomic E-state index is 0.344. The van der Waals surface area contributed by atoms with Crippen molar-refractivity contribution in [2.75, 3.05) is 0 Å². The van der Waals surface area contributed by atoms with Gasteiger partial charge in [-0.2, -0.15) is 0 Å². The molecule has 0 radical (unpaired) electrons. The Balaban J connectivity index is -0.000000656. The van der Waals surface area contributed by atoms with Crippen LogP contribution in [0.1, 0.15) is 233 Å². The zero-order valence-corrected chi connectivity index (χ0v) is 58.0. The number of nitrogens with one attached hydrogen (secondary N) is 2. The Morgan fingerprint density at radius 1 is 0.265 bits per heavy atom. The molecule has 0 aromatic carbocycles. The van der Waals surface area contributed by atoms with Crippen molar-refractivity contribution in [3.8, 4) is 0 Å². The summed E-state index contributed by atoms with van der Waals surface area (Å²) in [6, 6.07) is -15.8. The summed E-state index contributed by atoms with van der Waals surface area (Å²) in [7, 11) is 0. The molecule has 0 rings (SSSR count). The highest BCUT2D eigenvalue weighted by molar-refractivity contribution is 5.89. The van der Waals surface area contributed by atoms with Gasteiger partial charge in [-0.3, -0.25) is 87.6 Å². The monoisotopic (exact) mass is 1480 g/mol. The SMILES string of the molecule is CCCCCCCCCCCCCCC(C)N(C(CC(=O)O)C(=O)O)C(C(=O)O)C(O)C(=O)O.CCCCCCCCCCCCCCC(C)N(C(CC(=O)O)C(=O)O)C(CC(=O)O)C(=O)O.O=C(O)CC(NC(C(=O)O)C(O)C(=O)O)C(=O)O.O=C(O)CC(NC(CC(=O)O)C(=O)O)C(=O)O. The van der Waals surface area contributed by atoms with Gasteiger partial charge in [0.15, 0.2) is 12.2 Å². The van der Waals surface area contributed by atoms with Crippen LogP contribution in [0, 0.1) is 0 Å². The molecule has 38 heteroatoms. The van der Waals surface area contributed by atoms with Crippen LogP contribution in [0.4, 0.5) is 0 Å². The molecule has 588 valence electrons. The molecule has 0 aromatic rings. The lowest BCUT2D eigenvalue weighted by atomic mass is 9.98. The predicted molar refractivity (Wildman–Crippen MR) is 352 cm³/mol. The number of nitrogens with zero attached hydrogens (tertiary/aromatic N) is 2. The standard InChI is InChI=1S/C24H43NO9.C24H43NO8.C8H11NO9.C8H11NO8/c1-3-4-5-6-7-8-9-10-11-12-13-14-15-17(2)25(18(22(29)30)16-19(26)27)20(23(31)32)21(28)24(33)34;1-3-4-5-6-7-8-9-10-11-12-13-14-15-18(2)25(19(23(30)31)16-21(26)27)20(24(32)33)17-22(28)29;10-3(11)1-2(6(13)14)9-4(7(15)16)5(12)8(17)18;10-5(11)1-3(7(14)15)9-4(8(16)17)2-6(12)13/h17-18,20-21,28H,3-16H2,1-2H3,(H,26,27)(H,29,30)(H,31,32)(H,33,34);18-20H,3-17H2,1-2H3,(H,26,27)(H,28,29)(H,30,31)(H,32,33);2,4-5,9,12H,1H2,(H,10,11)(H,13,14)(H,15,16)(H,17,18);3-4,9H,1-2H2,(H,10,11)(H,12,13)(H,14,15)(H,16,17). The molecule has 0 saturated heterocycles. The highest BCUT2D eigenvalue weighted by atomic mass is 16.4. The molecule has 0 spiro atoms. The Labute approximate surface area is 588 Å². The maximum Gasteiger partial charge on any atom is 0.334 e. The van der Waals surface area contributed by atoms with Gasteiger partial charge in [0.25, 0.3) is 0 Å². The van der Waals surface area contributed by atoms with Crippen molar-refractivity contribution in [1.82, 2.24) is 20.4 Å². The van der Waals surface area contributed by atoms with Gasteiger partial charge in [-0.1, -0.05) is 168 Å². The number of carboxylic acid groups (broad SMARTS) is 16. The van der Waals surface area contributed by atoms with E-state index >= 15 is 0 Å². The molecule has 0 heterocycles. The van der Waals surface area contributed by atoms with Crippen molar-refractivity contribution in [3.63, 3.8) is 0 Å². The molecule has 0 aliphatic heterocycles. The Kier molecular flexibility index (Phi) is 56.5. The van der Waals surface area contributed by atoms with E-state index in [-0.39, 0.29) is 0 Å². The number of aliphatic carboxylic acids is 16. The average Bonchev–Trinajstić information content (AvgIpc) is 0.818. The van der Waals surface area contributed by atoms with Crippen LogP contribution in [0.3, 0.4) is 0 Å². The minimum atomic E-state index is -2.41. The van der Waals surface area contributed by atoms with Crippen LogP contribution in [0.25, 0.3) is 0 Å². The average molecular weight is 1480 g/mol. The molecule has 0 aliphatic carbocycles. The fourth-order valence-corrected chi connectivity index (χ4v) is 10.6. The third kappa shape index (κ3) is 49.0.